The van der Waals surface area contributed by atoms with Crippen molar-refractivity contribution in [3.63, 3.8) is 0 Å². The van der Waals surface area contributed by atoms with Crippen LogP contribution in [0.15, 0.2) is 55.1 Å². The van der Waals surface area contributed by atoms with E-state index in [9.17, 15) is 0 Å². The SMILES string of the molecule is Cc1cc(Oc2ccc(-n3cccn3)cc2)n2ncnc2n1. The molecule has 0 unspecified atom stereocenters. The van der Waals surface area contributed by atoms with Gasteiger partial charge < -0.3 is 4.74 Å². The molecule has 0 bridgehead atoms. The van der Waals surface area contributed by atoms with E-state index in [1.165, 1.54) is 6.33 Å². The predicted molar refractivity (Wildman–Crippen MR) is 79.2 cm³/mol. The van der Waals surface area contributed by atoms with Crippen LogP contribution in [0.25, 0.3) is 11.5 Å². The zero-order chi connectivity index (χ0) is 14.9. The molecule has 7 nitrogen and oxygen atoms in total. The van der Waals surface area contributed by atoms with Crippen LogP contribution in [0.2, 0.25) is 0 Å². The van der Waals surface area contributed by atoms with Crippen molar-refractivity contribution >= 4 is 5.78 Å². The van der Waals surface area contributed by atoms with Crippen molar-refractivity contribution in [2.75, 3.05) is 0 Å². The summed E-state index contributed by atoms with van der Waals surface area (Å²) in [6.45, 7) is 1.89. The molecule has 0 amide bonds. The van der Waals surface area contributed by atoms with E-state index in [2.05, 4.69) is 20.2 Å². The van der Waals surface area contributed by atoms with Gasteiger partial charge in [0.15, 0.2) is 0 Å². The van der Waals surface area contributed by atoms with Gasteiger partial charge in [-0.2, -0.15) is 19.7 Å². The number of rotatable bonds is 3. The summed E-state index contributed by atoms with van der Waals surface area (Å²) in [5.74, 6) is 1.80. The lowest BCUT2D eigenvalue weighted by Gasteiger charge is -2.08. The first-order chi connectivity index (χ1) is 10.8. The van der Waals surface area contributed by atoms with E-state index in [1.807, 2.05) is 49.5 Å². The van der Waals surface area contributed by atoms with E-state index >= 15 is 0 Å². The minimum Gasteiger partial charge on any atom is -0.439 e. The van der Waals surface area contributed by atoms with Gasteiger partial charge in [-0.1, -0.05) is 0 Å². The van der Waals surface area contributed by atoms with Gasteiger partial charge >= 0.3 is 0 Å². The van der Waals surface area contributed by atoms with Gasteiger partial charge in [0.05, 0.1) is 5.69 Å². The molecule has 22 heavy (non-hydrogen) atoms. The average molecular weight is 292 g/mol. The van der Waals surface area contributed by atoms with Crippen molar-refractivity contribution in [2.24, 2.45) is 0 Å². The number of fused-ring (bicyclic) bond motifs is 1. The van der Waals surface area contributed by atoms with Crippen molar-refractivity contribution in [1.82, 2.24) is 29.4 Å². The molecule has 0 saturated heterocycles. The van der Waals surface area contributed by atoms with Gasteiger partial charge in [-0.15, -0.1) is 0 Å². The number of hydrogen-bond donors (Lipinski definition) is 0. The van der Waals surface area contributed by atoms with E-state index in [4.69, 9.17) is 4.74 Å². The molecule has 0 spiro atoms. The van der Waals surface area contributed by atoms with Crippen molar-refractivity contribution < 1.29 is 4.74 Å². The third-order valence-electron chi connectivity index (χ3n) is 3.18. The zero-order valence-corrected chi connectivity index (χ0v) is 11.8. The second kappa shape index (κ2) is 4.96. The Morgan fingerprint density at radius 2 is 1.95 bits per heavy atom. The van der Waals surface area contributed by atoms with Gasteiger partial charge in [0.2, 0.25) is 5.88 Å². The number of ether oxygens (including phenoxy) is 1. The average Bonchev–Trinajstić information content (AvgIpc) is 3.18. The quantitative estimate of drug-likeness (QED) is 0.580. The van der Waals surface area contributed by atoms with E-state index in [1.54, 1.807) is 15.4 Å². The molecule has 4 aromatic rings. The third kappa shape index (κ3) is 2.18. The molecule has 0 N–H and O–H groups in total. The Hall–Kier alpha value is -3.22. The van der Waals surface area contributed by atoms with E-state index in [-0.39, 0.29) is 0 Å². The Morgan fingerprint density at radius 3 is 2.73 bits per heavy atom. The summed E-state index contributed by atoms with van der Waals surface area (Å²) in [5, 5.41) is 8.31. The molecule has 0 radical (unpaired) electrons. The maximum absolute atomic E-state index is 5.89. The van der Waals surface area contributed by atoms with Crippen LogP contribution in [0.1, 0.15) is 5.69 Å². The summed E-state index contributed by atoms with van der Waals surface area (Å²) in [6, 6.07) is 11.4. The van der Waals surface area contributed by atoms with E-state index < -0.39 is 0 Å². The Morgan fingerprint density at radius 1 is 1.09 bits per heavy atom. The summed E-state index contributed by atoms with van der Waals surface area (Å²) in [5.41, 5.74) is 1.79. The summed E-state index contributed by atoms with van der Waals surface area (Å²) in [4.78, 5) is 8.36. The summed E-state index contributed by atoms with van der Waals surface area (Å²) < 4.78 is 9.25. The number of nitrogens with zero attached hydrogens (tertiary/aromatic N) is 6. The van der Waals surface area contributed by atoms with Gasteiger partial charge in [0, 0.05) is 24.2 Å². The zero-order valence-electron chi connectivity index (χ0n) is 11.8. The first-order valence-corrected chi connectivity index (χ1v) is 6.75. The molecule has 3 aromatic heterocycles. The van der Waals surface area contributed by atoms with Crippen LogP contribution >= 0.6 is 0 Å². The molecule has 7 heteroatoms. The molecule has 0 atom stereocenters. The van der Waals surface area contributed by atoms with Gasteiger partial charge in [-0.25, -0.2) is 9.67 Å². The van der Waals surface area contributed by atoms with Crippen LogP contribution in [0.3, 0.4) is 0 Å². The minimum atomic E-state index is 0.517. The highest BCUT2D eigenvalue weighted by molar-refractivity contribution is 5.40. The van der Waals surface area contributed by atoms with Crippen LogP contribution in [-0.2, 0) is 0 Å². The van der Waals surface area contributed by atoms with E-state index in [0.29, 0.717) is 17.4 Å². The summed E-state index contributed by atoms with van der Waals surface area (Å²) in [7, 11) is 0. The molecule has 0 aliphatic heterocycles. The Kier molecular flexibility index (Phi) is 2.82. The Labute approximate surface area is 125 Å². The fourth-order valence-corrected chi connectivity index (χ4v) is 2.18. The van der Waals surface area contributed by atoms with Crippen LogP contribution < -0.4 is 4.74 Å². The van der Waals surface area contributed by atoms with Crippen molar-refractivity contribution in [3.8, 4) is 17.3 Å². The number of benzene rings is 1. The summed E-state index contributed by atoms with van der Waals surface area (Å²) in [6.07, 6.45) is 5.09. The largest absolute Gasteiger partial charge is 0.439 e. The second-order valence-electron chi connectivity index (χ2n) is 4.75. The summed E-state index contributed by atoms with van der Waals surface area (Å²) >= 11 is 0. The van der Waals surface area contributed by atoms with Crippen molar-refractivity contribution in [3.05, 3.63) is 60.8 Å². The van der Waals surface area contributed by atoms with Crippen molar-refractivity contribution in [1.29, 1.82) is 0 Å². The molecule has 4 rings (SSSR count). The van der Waals surface area contributed by atoms with Crippen molar-refractivity contribution in [2.45, 2.75) is 6.92 Å². The topological polar surface area (TPSA) is 70.1 Å². The molecule has 1 aromatic carbocycles. The highest BCUT2D eigenvalue weighted by atomic mass is 16.5. The molecular weight excluding hydrogens is 280 g/mol. The van der Waals surface area contributed by atoms with Crippen LogP contribution in [0.4, 0.5) is 0 Å². The fourth-order valence-electron chi connectivity index (χ4n) is 2.18. The molecule has 0 fully saturated rings. The standard InChI is InChI=1S/C15H12N6O/c1-11-9-14(21-15(19-11)16-10-18-21)22-13-5-3-12(4-6-13)20-8-2-7-17-20/h2-10H,1H3. The smallest absolute Gasteiger partial charge is 0.255 e. The molecular formula is C15H12N6O. The molecule has 0 aliphatic rings. The maximum Gasteiger partial charge on any atom is 0.255 e. The highest BCUT2D eigenvalue weighted by Gasteiger charge is 2.08. The lowest BCUT2D eigenvalue weighted by atomic mass is 10.3. The minimum absolute atomic E-state index is 0.517. The van der Waals surface area contributed by atoms with Gasteiger partial charge in [-0.05, 0) is 37.3 Å². The second-order valence-corrected chi connectivity index (χ2v) is 4.75. The lowest BCUT2D eigenvalue weighted by molar-refractivity contribution is 0.445. The Balaban J connectivity index is 1.66. The Bertz CT molecular complexity index is 911. The number of aryl methyl sites for hydroxylation is 1. The van der Waals surface area contributed by atoms with Crippen LogP contribution in [0, 0.1) is 6.92 Å². The van der Waals surface area contributed by atoms with E-state index in [0.717, 1.165) is 11.4 Å². The lowest BCUT2D eigenvalue weighted by Crippen LogP contribution is -1.99. The predicted octanol–water partition coefficient (Wildman–Crippen LogP) is 2.41. The van der Waals surface area contributed by atoms with Crippen LogP contribution in [0.5, 0.6) is 11.6 Å². The molecule has 108 valence electrons. The van der Waals surface area contributed by atoms with Crippen LogP contribution in [-0.4, -0.2) is 29.4 Å². The normalized spacial score (nSPS) is 11.0. The molecule has 3 heterocycles. The fraction of sp³-hybridized carbons (Fsp3) is 0.0667. The van der Waals surface area contributed by atoms with Gasteiger partial charge in [0.25, 0.3) is 5.78 Å². The highest BCUT2D eigenvalue weighted by Crippen LogP contribution is 2.23. The molecule has 0 saturated carbocycles. The number of hydrogen-bond acceptors (Lipinski definition) is 5. The van der Waals surface area contributed by atoms with Gasteiger partial charge in [0.1, 0.15) is 12.1 Å². The first-order valence-electron chi connectivity index (χ1n) is 6.75. The third-order valence-corrected chi connectivity index (χ3v) is 3.18. The maximum atomic E-state index is 5.89. The molecule has 0 aliphatic carbocycles. The number of aromatic nitrogens is 6. The first kappa shape index (κ1) is 12.5. The van der Waals surface area contributed by atoms with Gasteiger partial charge in [-0.3, -0.25) is 0 Å². The monoisotopic (exact) mass is 292 g/mol.